The first-order valence-electron chi connectivity index (χ1n) is 3.36. The lowest BCUT2D eigenvalue weighted by molar-refractivity contribution is -0.131. The fourth-order valence-corrected chi connectivity index (χ4v) is 1.72. The van der Waals surface area contributed by atoms with Crippen molar-refractivity contribution in [3.8, 4) is 0 Å². The van der Waals surface area contributed by atoms with Crippen LogP contribution in [0.4, 0.5) is 0 Å². The van der Waals surface area contributed by atoms with Gasteiger partial charge in [-0.1, -0.05) is 0 Å². The van der Waals surface area contributed by atoms with E-state index in [1.54, 1.807) is 0 Å². The van der Waals surface area contributed by atoms with Crippen molar-refractivity contribution in [1.82, 2.24) is 5.32 Å². The summed E-state index contributed by atoms with van der Waals surface area (Å²) in [5, 5.41) is 20.9. The lowest BCUT2D eigenvalue weighted by atomic mass is 10.1. The zero-order valence-corrected chi connectivity index (χ0v) is 5.32. The average Bonchev–Trinajstić information content (AvgIpc) is 2.36. The molecule has 2 rings (SSSR count). The number of carbonyl (C=O) groups is 1. The number of rotatable bonds is 0. The molecule has 1 aliphatic heterocycles. The van der Waals surface area contributed by atoms with Crippen molar-refractivity contribution in [2.75, 3.05) is 0 Å². The molecule has 0 unspecified atom stereocenters. The van der Waals surface area contributed by atoms with Gasteiger partial charge in [-0.2, -0.15) is 0 Å². The SMILES string of the molecule is O=C1N[C@@H]2C[C@@H]1[C@H](O)[C@@H]2O. The minimum atomic E-state index is -0.834. The van der Waals surface area contributed by atoms with Gasteiger partial charge >= 0.3 is 0 Å². The monoisotopic (exact) mass is 143 g/mol. The smallest absolute Gasteiger partial charge is 0.226 e. The molecule has 56 valence electrons. The van der Waals surface area contributed by atoms with Crippen LogP contribution < -0.4 is 5.32 Å². The zero-order chi connectivity index (χ0) is 7.30. The second-order valence-corrected chi connectivity index (χ2v) is 2.94. The predicted octanol–water partition coefficient (Wildman–Crippen LogP) is -1.77. The quantitative estimate of drug-likeness (QED) is 0.375. The Morgan fingerprint density at radius 1 is 1.40 bits per heavy atom. The van der Waals surface area contributed by atoms with Gasteiger partial charge in [-0.25, -0.2) is 0 Å². The third-order valence-electron chi connectivity index (χ3n) is 2.35. The Balaban J connectivity index is 2.24. The molecule has 0 radical (unpaired) electrons. The summed E-state index contributed by atoms with van der Waals surface area (Å²) < 4.78 is 0. The van der Waals surface area contributed by atoms with E-state index < -0.39 is 12.2 Å². The van der Waals surface area contributed by atoms with Gasteiger partial charge in [-0.15, -0.1) is 0 Å². The van der Waals surface area contributed by atoms with E-state index >= 15 is 0 Å². The second-order valence-electron chi connectivity index (χ2n) is 2.94. The molecular weight excluding hydrogens is 134 g/mol. The number of amides is 1. The Hall–Kier alpha value is -0.610. The van der Waals surface area contributed by atoms with Crippen LogP contribution in [0.1, 0.15) is 6.42 Å². The molecule has 0 aromatic rings. The average molecular weight is 143 g/mol. The number of piperidine rings is 1. The molecule has 0 spiro atoms. The molecule has 0 aromatic heterocycles. The van der Waals surface area contributed by atoms with Crippen LogP contribution in [0.3, 0.4) is 0 Å². The molecule has 2 bridgehead atoms. The molecule has 4 heteroatoms. The summed E-state index contributed by atoms with van der Waals surface area (Å²) >= 11 is 0. The highest BCUT2D eigenvalue weighted by Crippen LogP contribution is 2.32. The van der Waals surface area contributed by atoms with E-state index in [0.29, 0.717) is 6.42 Å². The molecule has 0 aromatic carbocycles. The molecule has 2 fully saturated rings. The van der Waals surface area contributed by atoms with E-state index in [1.807, 2.05) is 0 Å². The van der Waals surface area contributed by atoms with Crippen molar-refractivity contribution in [1.29, 1.82) is 0 Å². The fraction of sp³-hybridized carbons (Fsp3) is 0.833. The highest BCUT2D eigenvalue weighted by atomic mass is 16.3. The van der Waals surface area contributed by atoms with E-state index in [1.165, 1.54) is 0 Å². The summed E-state index contributed by atoms with van der Waals surface area (Å²) in [5.41, 5.74) is 0. The van der Waals surface area contributed by atoms with Gasteiger partial charge in [-0.05, 0) is 6.42 Å². The third-order valence-corrected chi connectivity index (χ3v) is 2.35. The summed E-state index contributed by atoms with van der Waals surface area (Å²) in [4.78, 5) is 10.8. The molecule has 1 saturated heterocycles. The van der Waals surface area contributed by atoms with Gasteiger partial charge in [0, 0.05) is 0 Å². The standard InChI is InChI=1S/C6H9NO3/c8-4-2-1-3(5(4)9)7-6(2)10/h2-5,8-9H,1H2,(H,7,10)/t2-,3-,4+,5-/m1/s1. The Bertz CT molecular complexity index is 180. The van der Waals surface area contributed by atoms with Gasteiger partial charge in [0.25, 0.3) is 0 Å². The van der Waals surface area contributed by atoms with Gasteiger partial charge in [-0.3, -0.25) is 4.79 Å². The summed E-state index contributed by atoms with van der Waals surface area (Å²) in [5.74, 6) is -0.484. The topological polar surface area (TPSA) is 69.6 Å². The van der Waals surface area contributed by atoms with Crippen LogP contribution in [0.25, 0.3) is 0 Å². The highest BCUT2D eigenvalue weighted by molar-refractivity contribution is 5.83. The number of hydrogen-bond acceptors (Lipinski definition) is 3. The van der Waals surface area contributed by atoms with E-state index in [0.717, 1.165) is 0 Å². The van der Waals surface area contributed by atoms with Crippen molar-refractivity contribution < 1.29 is 15.0 Å². The van der Waals surface area contributed by atoms with Crippen LogP contribution in [0.5, 0.6) is 0 Å². The van der Waals surface area contributed by atoms with E-state index in [-0.39, 0.29) is 17.9 Å². The molecule has 1 saturated carbocycles. The summed E-state index contributed by atoms with van der Waals surface area (Å²) in [6, 6.07) is -0.201. The Kier molecular flexibility index (Phi) is 1.04. The van der Waals surface area contributed by atoms with Crippen LogP contribution >= 0.6 is 0 Å². The predicted molar refractivity (Wildman–Crippen MR) is 32.1 cm³/mol. The summed E-state index contributed by atoms with van der Waals surface area (Å²) in [6.45, 7) is 0. The first-order chi connectivity index (χ1) is 4.70. The lowest BCUT2D eigenvalue weighted by Gasteiger charge is -2.22. The maximum atomic E-state index is 10.8. The lowest BCUT2D eigenvalue weighted by Crippen LogP contribution is -2.48. The largest absolute Gasteiger partial charge is 0.390 e. The van der Waals surface area contributed by atoms with Crippen LogP contribution in [0.15, 0.2) is 0 Å². The van der Waals surface area contributed by atoms with Gasteiger partial charge in [0.2, 0.25) is 5.91 Å². The number of nitrogens with one attached hydrogen (secondary N) is 1. The fourth-order valence-electron chi connectivity index (χ4n) is 1.72. The van der Waals surface area contributed by atoms with E-state index in [4.69, 9.17) is 10.2 Å². The van der Waals surface area contributed by atoms with Gasteiger partial charge < -0.3 is 15.5 Å². The molecule has 1 heterocycles. The molecular formula is C6H9NO3. The number of aliphatic hydroxyl groups is 2. The van der Waals surface area contributed by atoms with Crippen LogP contribution in [0.2, 0.25) is 0 Å². The number of fused-ring (bicyclic) bond motifs is 2. The molecule has 3 N–H and O–H groups in total. The molecule has 1 aliphatic carbocycles. The Morgan fingerprint density at radius 3 is 2.50 bits per heavy atom. The van der Waals surface area contributed by atoms with Gasteiger partial charge in [0.1, 0.15) is 6.10 Å². The molecule has 10 heavy (non-hydrogen) atoms. The highest BCUT2D eigenvalue weighted by Gasteiger charge is 2.51. The van der Waals surface area contributed by atoms with Crippen LogP contribution in [0, 0.1) is 5.92 Å². The number of hydrogen-bond donors (Lipinski definition) is 3. The van der Waals surface area contributed by atoms with E-state index in [2.05, 4.69) is 5.32 Å². The first-order valence-corrected chi connectivity index (χ1v) is 3.36. The summed E-state index contributed by atoms with van der Waals surface area (Å²) in [6.07, 6.45) is -0.998. The maximum absolute atomic E-state index is 10.8. The van der Waals surface area contributed by atoms with E-state index in [9.17, 15) is 4.79 Å². The van der Waals surface area contributed by atoms with Gasteiger partial charge in [0.05, 0.1) is 18.1 Å². The molecule has 1 amide bonds. The van der Waals surface area contributed by atoms with Crippen LogP contribution in [-0.4, -0.2) is 34.4 Å². The summed E-state index contributed by atoms with van der Waals surface area (Å²) in [7, 11) is 0. The molecule has 4 nitrogen and oxygen atoms in total. The van der Waals surface area contributed by atoms with Crippen molar-refractivity contribution >= 4 is 5.91 Å². The molecule has 2 aliphatic rings. The second kappa shape index (κ2) is 1.71. The van der Waals surface area contributed by atoms with Crippen molar-refractivity contribution in [2.24, 2.45) is 5.92 Å². The van der Waals surface area contributed by atoms with Gasteiger partial charge in [0.15, 0.2) is 0 Å². The van der Waals surface area contributed by atoms with Crippen LogP contribution in [-0.2, 0) is 4.79 Å². The number of carbonyl (C=O) groups excluding carboxylic acids is 1. The van der Waals surface area contributed by atoms with Crippen molar-refractivity contribution in [2.45, 2.75) is 24.7 Å². The minimum Gasteiger partial charge on any atom is -0.390 e. The zero-order valence-electron chi connectivity index (χ0n) is 5.32. The van der Waals surface area contributed by atoms with Crippen molar-refractivity contribution in [3.63, 3.8) is 0 Å². The third kappa shape index (κ3) is 0.552. The Labute approximate surface area is 57.9 Å². The normalized spacial score (nSPS) is 51.6. The first kappa shape index (κ1) is 6.12. The minimum absolute atomic E-state index is 0.122. The maximum Gasteiger partial charge on any atom is 0.226 e. The van der Waals surface area contributed by atoms with Crippen molar-refractivity contribution in [3.05, 3.63) is 0 Å². The molecule has 4 atom stereocenters. The number of aliphatic hydroxyl groups excluding tert-OH is 2. The Morgan fingerprint density at radius 2 is 2.10 bits per heavy atom.